The van der Waals surface area contributed by atoms with E-state index in [1.54, 1.807) is 0 Å². The smallest absolute Gasteiger partial charge is 0.132 e. The van der Waals surface area contributed by atoms with E-state index in [0.717, 1.165) is 21.5 Å². The predicted molar refractivity (Wildman–Crippen MR) is 83.0 cm³/mol. The van der Waals surface area contributed by atoms with E-state index in [1.165, 1.54) is 0 Å². The Morgan fingerprint density at radius 3 is 2.68 bits per heavy atom. The highest BCUT2D eigenvalue weighted by Crippen LogP contribution is 2.32. The molecule has 0 aromatic heterocycles. The third-order valence-corrected chi connectivity index (χ3v) is 3.47. The van der Waals surface area contributed by atoms with Gasteiger partial charge < -0.3 is 10.5 Å². The number of ether oxygens (including phenoxy) is 1. The summed E-state index contributed by atoms with van der Waals surface area (Å²) in [5.41, 5.74) is 6.80. The molecule has 0 saturated carbocycles. The number of benzene rings is 2. The first-order valence-electron chi connectivity index (χ1n) is 6.02. The number of nitrogens with two attached hydrogens (primary N) is 1. The minimum Gasteiger partial charge on any atom is -0.457 e. The van der Waals surface area contributed by atoms with E-state index < -0.39 is 0 Å². The maximum absolute atomic E-state index is 6.23. The van der Waals surface area contributed by atoms with Crippen molar-refractivity contribution in [3.05, 3.63) is 57.5 Å². The lowest BCUT2D eigenvalue weighted by molar-refractivity contribution is 0.473. The molecule has 1 unspecified atom stereocenters. The van der Waals surface area contributed by atoms with Crippen LogP contribution in [-0.2, 0) is 6.42 Å². The molecule has 2 aromatic carbocycles. The van der Waals surface area contributed by atoms with E-state index in [2.05, 4.69) is 15.9 Å². The van der Waals surface area contributed by atoms with Crippen LogP contribution in [0.2, 0.25) is 5.02 Å². The quantitative estimate of drug-likeness (QED) is 0.869. The number of hydrogen-bond acceptors (Lipinski definition) is 2. The van der Waals surface area contributed by atoms with Crippen LogP contribution in [0.5, 0.6) is 11.5 Å². The highest BCUT2D eigenvalue weighted by atomic mass is 79.9. The fraction of sp³-hybridized carbons (Fsp3) is 0.200. The molecule has 0 amide bonds. The van der Waals surface area contributed by atoms with Crippen molar-refractivity contribution in [2.75, 3.05) is 0 Å². The number of halogens is 2. The molecule has 2 nitrogen and oxygen atoms in total. The largest absolute Gasteiger partial charge is 0.457 e. The highest BCUT2D eigenvalue weighted by molar-refractivity contribution is 9.10. The zero-order chi connectivity index (χ0) is 13.8. The molecule has 0 heterocycles. The fourth-order valence-corrected chi connectivity index (χ4v) is 2.43. The van der Waals surface area contributed by atoms with Gasteiger partial charge in [0, 0.05) is 21.1 Å². The molecule has 19 heavy (non-hydrogen) atoms. The lowest BCUT2D eigenvalue weighted by Gasteiger charge is -2.14. The highest BCUT2D eigenvalue weighted by Gasteiger charge is 2.11. The van der Waals surface area contributed by atoms with Crippen LogP contribution in [0.15, 0.2) is 46.9 Å². The van der Waals surface area contributed by atoms with E-state index in [9.17, 15) is 0 Å². The van der Waals surface area contributed by atoms with Crippen molar-refractivity contribution < 1.29 is 4.74 Å². The molecule has 2 aromatic rings. The second-order valence-corrected chi connectivity index (χ2v) is 5.78. The van der Waals surface area contributed by atoms with Crippen LogP contribution in [0.4, 0.5) is 0 Å². The SMILES string of the molecule is CC(N)Cc1c(Cl)cccc1Oc1cccc(Br)c1. The average molecular weight is 341 g/mol. The third kappa shape index (κ3) is 3.96. The zero-order valence-electron chi connectivity index (χ0n) is 10.6. The summed E-state index contributed by atoms with van der Waals surface area (Å²) < 4.78 is 6.87. The van der Waals surface area contributed by atoms with Crippen LogP contribution < -0.4 is 10.5 Å². The first kappa shape index (κ1) is 14.4. The Labute approximate surface area is 126 Å². The molecule has 0 spiro atoms. The number of hydrogen-bond donors (Lipinski definition) is 1. The molecule has 0 radical (unpaired) electrons. The molecule has 2 N–H and O–H groups in total. The molecule has 1 atom stereocenters. The number of rotatable bonds is 4. The van der Waals surface area contributed by atoms with Gasteiger partial charge in [-0.2, -0.15) is 0 Å². The molecule has 2 rings (SSSR count). The van der Waals surface area contributed by atoms with E-state index in [4.69, 9.17) is 22.1 Å². The molecule has 0 bridgehead atoms. The summed E-state index contributed by atoms with van der Waals surface area (Å²) in [6, 6.07) is 13.4. The van der Waals surface area contributed by atoms with Crippen molar-refractivity contribution in [2.45, 2.75) is 19.4 Å². The van der Waals surface area contributed by atoms with Crippen molar-refractivity contribution in [3.8, 4) is 11.5 Å². The molecule has 0 aliphatic carbocycles. The second-order valence-electron chi connectivity index (χ2n) is 4.46. The van der Waals surface area contributed by atoms with E-state index in [0.29, 0.717) is 11.4 Å². The Morgan fingerprint density at radius 1 is 1.26 bits per heavy atom. The van der Waals surface area contributed by atoms with E-state index in [-0.39, 0.29) is 6.04 Å². The van der Waals surface area contributed by atoms with Gasteiger partial charge in [0.1, 0.15) is 11.5 Å². The first-order valence-corrected chi connectivity index (χ1v) is 7.20. The maximum atomic E-state index is 6.23. The van der Waals surface area contributed by atoms with Crippen LogP contribution in [0.25, 0.3) is 0 Å². The van der Waals surface area contributed by atoms with Crippen molar-refractivity contribution in [1.29, 1.82) is 0 Å². The lowest BCUT2D eigenvalue weighted by atomic mass is 10.1. The first-order chi connectivity index (χ1) is 9.06. The van der Waals surface area contributed by atoms with Gasteiger partial charge in [-0.25, -0.2) is 0 Å². The van der Waals surface area contributed by atoms with Crippen molar-refractivity contribution in [3.63, 3.8) is 0 Å². The van der Waals surface area contributed by atoms with Gasteiger partial charge in [0.25, 0.3) is 0 Å². The van der Waals surface area contributed by atoms with E-state index >= 15 is 0 Å². The van der Waals surface area contributed by atoms with Gasteiger partial charge in [0.05, 0.1) is 0 Å². The van der Waals surface area contributed by atoms with Gasteiger partial charge in [-0.15, -0.1) is 0 Å². The molecule has 0 aliphatic heterocycles. The van der Waals surface area contributed by atoms with E-state index in [1.807, 2.05) is 49.4 Å². The summed E-state index contributed by atoms with van der Waals surface area (Å²) in [6.07, 6.45) is 0.684. The zero-order valence-corrected chi connectivity index (χ0v) is 12.9. The van der Waals surface area contributed by atoms with Crippen LogP contribution in [0.1, 0.15) is 12.5 Å². The van der Waals surface area contributed by atoms with Crippen LogP contribution >= 0.6 is 27.5 Å². The minimum atomic E-state index is 0.0322. The van der Waals surface area contributed by atoms with Crippen molar-refractivity contribution in [2.24, 2.45) is 5.73 Å². The molecule has 0 aliphatic rings. The summed E-state index contributed by atoms with van der Waals surface area (Å²) in [6.45, 7) is 1.95. The Hall–Kier alpha value is -1.03. The Kier molecular flexibility index (Phi) is 4.86. The van der Waals surface area contributed by atoms with Gasteiger partial charge in [-0.1, -0.05) is 39.7 Å². The van der Waals surface area contributed by atoms with Gasteiger partial charge in [0.15, 0.2) is 0 Å². The molecular weight excluding hydrogens is 326 g/mol. The molecule has 0 fully saturated rings. The van der Waals surface area contributed by atoms with Crippen LogP contribution in [0, 0.1) is 0 Å². The third-order valence-electron chi connectivity index (χ3n) is 2.63. The van der Waals surface area contributed by atoms with Gasteiger partial charge in [-0.05, 0) is 43.7 Å². The minimum absolute atomic E-state index is 0.0322. The molecule has 0 saturated heterocycles. The maximum Gasteiger partial charge on any atom is 0.132 e. The Morgan fingerprint density at radius 2 is 2.00 bits per heavy atom. The summed E-state index contributed by atoms with van der Waals surface area (Å²) in [5.74, 6) is 1.52. The summed E-state index contributed by atoms with van der Waals surface area (Å²) in [4.78, 5) is 0. The van der Waals surface area contributed by atoms with Crippen LogP contribution in [-0.4, -0.2) is 6.04 Å². The van der Waals surface area contributed by atoms with Crippen LogP contribution in [0.3, 0.4) is 0 Å². The Bertz CT molecular complexity index is 572. The normalized spacial score (nSPS) is 12.2. The summed E-state index contributed by atoms with van der Waals surface area (Å²) >= 11 is 9.65. The fourth-order valence-electron chi connectivity index (χ4n) is 1.81. The average Bonchev–Trinajstić information content (AvgIpc) is 2.33. The topological polar surface area (TPSA) is 35.2 Å². The Balaban J connectivity index is 2.31. The summed E-state index contributed by atoms with van der Waals surface area (Å²) in [7, 11) is 0. The van der Waals surface area contributed by atoms with Crippen molar-refractivity contribution in [1.82, 2.24) is 0 Å². The lowest BCUT2D eigenvalue weighted by Crippen LogP contribution is -2.18. The molecule has 100 valence electrons. The van der Waals surface area contributed by atoms with Gasteiger partial charge >= 0.3 is 0 Å². The van der Waals surface area contributed by atoms with Gasteiger partial charge in [-0.3, -0.25) is 0 Å². The molecular formula is C15H15BrClNO. The van der Waals surface area contributed by atoms with Gasteiger partial charge in [0.2, 0.25) is 0 Å². The summed E-state index contributed by atoms with van der Waals surface area (Å²) in [5, 5.41) is 0.685. The van der Waals surface area contributed by atoms with Crippen molar-refractivity contribution >= 4 is 27.5 Å². The predicted octanol–water partition coefficient (Wildman–Crippen LogP) is 4.78. The standard InChI is InChI=1S/C15H15BrClNO/c1-10(18)8-13-14(17)6-3-7-15(13)19-12-5-2-4-11(16)9-12/h2-7,9-10H,8,18H2,1H3. The second kappa shape index (κ2) is 6.42. The monoisotopic (exact) mass is 339 g/mol. The molecule has 4 heteroatoms.